The molecule has 0 spiro atoms. The summed E-state index contributed by atoms with van der Waals surface area (Å²) in [5.74, 6) is 0.788. The van der Waals surface area contributed by atoms with Crippen molar-refractivity contribution >= 4 is 0 Å². The number of aromatic nitrogens is 2. The number of hydrogen-bond donors (Lipinski definition) is 2. The average molecular weight is 294 g/mol. The van der Waals surface area contributed by atoms with Crippen molar-refractivity contribution in [3.63, 3.8) is 0 Å². The molecule has 0 unspecified atom stereocenters. The molecule has 112 valence electrons. The molecule has 3 N–H and O–H groups in total. The van der Waals surface area contributed by atoms with Crippen LogP contribution in [0, 0.1) is 17.2 Å². The Kier molecular flexibility index (Phi) is 3.60. The van der Waals surface area contributed by atoms with Crippen molar-refractivity contribution in [3.8, 4) is 23.2 Å². The zero-order chi connectivity index (χ0) is 15.7. The Hall–Kier alpha value is -2.74. The Bertz CT molecular complexity index is 755. The van der Waals surface area contributed by atoms with Crippen molar-refractivity contribution < 1.29 is 4.74 Å². The summed E-state index contributed by atoms with van der Waals surface area (Å²) in [5.41, 5.74) is 9.23. The molecule has 0 amide bonds. The molecule has 3 rings (SSSR count). The summed E-state index contributed by atoms with van der Waals surface area (Å²) in [6.07, 6.45) is 0.933. The van der Waals surface area contributed by atoms with Crippen LogP contribution >= 0.6 is 0 Å². The number of ether oxygens (including phenoxy) is 1. The number of nitrogens with one attached hydrogen (secondary N) is 1. The Morgan fingerprint density at radius 3 is 2.77 bits per heavy atom. The smallest absolute Gasteiger partial charge is 0.244 e. The molecule has 2 heterocycles. The summed E-state index contributed by atoms with van der Waals surface area (Å²) in [4.78, 5) is 0. The lowest BCUT2D eigenvalue weighted by Crippen LogP contribution is -2.23. The second-order valence-electron chi connectivity index (χ2n) is 5.54. The van der Waals surface area contributed by atoms with Gasteiger partial charge in [-0.05, 0) is 11.5 Å². The minimum atomic E-state index is -0.104. The fraction of sp³-hybridized carbons (Fsp3) is 0.294. The molecule has 1 aliphatic rings. The second-order valence-corrected chi connectivity index (χ2v) is 5.54. The molecule has 1 aromatic carbocycles. The number of benzene rings is 1. The molecule has 22 heavy (non-hydrogen) atoms. The lowest BCUT2D eigenvalue weighted by Gasteiger charge is -2.27. The van der Waals surface area contributed by atoms with Gasteiger partial charge in [0.25, 0.3) is 0 Å². The van der Waals surface area contributed by atoms with Crippen LogP contribution in [0.25, 0.3) is 11.3 Å². The Labute approximate surface area is 129 Å². The highest BCUT2D eigenvalue weighted by Gasteiger charge is 2.36. The van der Waals surface area contributed by atoms with Gasteiger partial charge in [-0.15, -0.1) is 5.10 Å². The summed E-state index contributed by atoms with van der Waals surface area (Å²) >= 11 is 0. The predicted molar refractivity (Wildman–Crippen MR) is 83.7 cm³/mol. The average Bonchev–Trinajstić information content (AvgIpc) is 2.96. The number of nitrogens with two attached hydrogens (primary N) is 1. The molecule has 5 nitrogen and oxygen atoms in total. The second kappa shape index (κ2) is 5.57. The van der Waals surface area contributed by atoms with Crippen LogP contribution in [0.5, 0.6) is 5.88 Å². The summed E-state index contributed by atoms with van der Waals surface area (Å²) in [6, 6.07) is 12.1. The van der Waals surface area contributed by atoms with Crippen LogP contribution < -0.4 is 10.5 Å². The molecule has 1 aliphatic heterocycles. The minimum absolute atomic E-state index is 0.104. The molecule has 0 saturated heterocycles. The van der Waals surface area contributed by atoms with E-state index in [0.717, 1.165) is 23.2 Å². The maximum absolute atomic E-state index is 9.50. The predicted octanol–water partition coefficient (Wildman–Crippen LogP) is 3.29. The van der Waals surface area contributed by atoms with Gasteiger partial charge < -0.3 is 10.5 Å². The minimum Gasteiger partial charge on any atom is -0.420 e. The monoisotopic (exact) mass is 294 g/mol. The quantitative estimate of drug-likeness (QED) is 0.909. The summed E-state index contributed by atoms with van der Waals surface area (Å²) in [7, 11) is 0. The molecular weight excluding hydrogens is 276 g/mol. The van der Waals surface area contributed by atoms with Gasteiger partial charge in [0.1, 0.15) is 6.07 Å². The van der Waals surface area contributed by atoms with Crippen molar-refractivity contribution in [3.05, 3.63) is 47.4 Å². The SMILES string of the molecule is CC[C@H](C)[C@H]1C(C#N)=C(N)Oc2n[nH]c(-c3ccccc3)c21. The highest BCUT2D eigenvalue weighted by molar-refractivity contribution is 5.69. The number of nitrogens with zero attached hydrogens (tertiary/aromatic N) is 2. The number of aromatic amines is 1. The number of hydrogen-bond acceptors (Lipinski definition) is 4. The van der Waals surface area contributed by atoms with Crippen LogP contribution in [0.3, 0.4) is 0 Å². The van der Waals surface area contributed by atoms with E-state index in [9.17, 15) is 5.26 Å². The fourth-order valence-electron chi connectivity index (χ4n) is 2.91. The lowest BCUT2D eigenvalue weighted by molar-refractivity contribution is 0.353. The van der Waals surface area contributed by atoms with E-state index in [1.165, 1.54) is 0 Å². The van der Waals surface area contributed by atoms with Crippen LogP contribution in [-0.2, 0) is 0 Å². The molecule has 5 heteroatoms. The molecule has 0 bridgehead atoms. The van der Waals surface area contributed by atoms with Crippen molar-refractivity contribution in [2.45, 2.75) is 26.2 Å². The first-order valence-electron chi connectivity index (χ1n) is 7.38. The highest BCUT2D eigenvalue weighted by atomic mass is 16.5. The van der Waals surface area contributed by atoms with E-state index < -0.39 is 0 Å². The third kappa shape index (κ3) is 2.13. The van der Waals surface area contributed by atoms with E-state index in [-0.39, 0.29) is 17.7 Å². The third-order valence-corrected chi connectivity index (χ3v) is 4.26. The molecule has 0 radical (unpaired) electrons. The largest absolute Gasteiger partial charge is 0.420 e. The Morgan fingerprint density at radius 2 is 2.14 bits per heavy atom. The van der Waals surface area contributed by atoms with Gasteiger partial charge in [-0.3, -0.25) is 5.10 Å². The zero-order valence-corrected chi connectivity index (χ0v) is 12.6. The van der Waals surface area contributed by atoms with Crippen LogP contribution in [-0.4, -0.2) is 10.2 Å². The lowest BCUT2D eigenvalue weighted by atomic mass is 9.78. The van der Waals surface area contributed by atoms with Crippen molar-refractivity contribution in [1.82, 2.24) is 10.2 Å². The first-order chi connectivity index (χ1) is 10.7. The number of rotatable bonds is 3. The van der Waals surface area contributed by atoms with Crippen LogP contribution in [0.2, 0.25) is 0 Å². The fourth-order valence-corrected chi connectivity index (χ4v) is 2.91. The topological polar surface area (TPSA) is 87.7 Å². The summed E-state index contributed by atoms with van der Waals surface area (Å²) < 4.78 is 5.55. The third-order valence-electron chi connectivity index (χ3n) is 4.26. The van der Waals surface area contributed by atoms with Gasteiger partial charge in [0.05, 0.1) is 16.8 Å². The highest BCUT2D eigenvalue weighted by Crippen LogP contribution is 2.46. The van der Waals surface area contributed by atoms with Gasteiger partial charge in [0.2, 0.25) is 11.8 Å². The van der Waals surface area contributed by atoms with E-state index in [1.54, 1.807) is 0 Å². The van der Waals surface area contributed by atoms with Crippen LogP contribution in [0.1, 0.15) is 31.7 Å². The van der Waals surface area contributed by atoms with E-state index in [1.807, 2.05) is 30.3 Å². The molecule has 0 fully saturated rings. The zero-order valence-electron chi connectivity index (χ0n) is 12.6. The van der Waals surface area contributed by atoms with Gasteiger partial charge in [-0.1, -0.05) is 50.6 Å². The standard InChI is InChI=1S/C17H18N4O/c1-3-10(2)13-12(9-18)16(19)22-17-14(13)15(20-21-17)11-7-5-4-6-8-11/h4-8,10,13H,3,19H2,1-2H3,(H,20,21)/t10-,13-/m0/s1. The van der Waals surface area contributed by atoms with E-state index in [2.05, 4.69) is 30.1 Å². The molecule has 2 atom stereocenters. The van der Waals surface area contributed by atoms with Crippen LogP contribution in [0.15, 0.2) is 41.8 Å². The number of allylic oxidation sites excluding steroid dienone is 1. The van der Waals surface area contributed by atoms with Crippen LogP contribution in [0.4, 0.5) is 0 Å². The maximum atomic E-state index is 9.50. The summed E-state index contributed by atoms with van der Waals surface area (Å²) in [6.45, 7) is 4.22. The van der Waals surface area contributed by atoms with Gasteiger partial charge in [-0.2, -0.15) is 5.26 Å². The van der Waals surface area contributed by atoms with E-state index in [0.29, 0.717) is 11.5 Å². The number of H-pyrrole nitrogens is 1. The first-order valence-corrected chi connectivity index (χ1v) is 7.38. The molecule has 0 saturated carbocycles. The normalized spacial score (nSPS) is 18.3. The van der Waals surface area contributed by atoms with Crippen molar-refractivity contribution in [1.29, 1.82) is 5.26 Å². The summed E-state index contributed by atoms with van der Waals surface area (Å²) in [5, 5.41) is 16.8. The molecule has 1 aromatic heterocycles. The van der Waals surface area contributed by atoms with Gasteiger partial charge >= 0.3 is 0 Å². The number of nitriles is 1. The number of fused-ring (bicyclic) bond motifs is 1. The van der Waals surface area contributed by atoms with Gasteiger partial charge in [0, 0.05) is 5.92 Å². The Morgan fingerprint density at radius 1 is 1.41 bits per heavy atom. The van der Waals surface area contributed by atoms with Crippen molar-refractivity contribution in [2.24, 2.45) is 11.7 Å². The molecule has 0 aliphatic carbocycles. The van der Waals surface area contributed by atoms with E-state index >= 15 is 0 Å². The van der Waals surface area contributed by atoms with E-state index in [4.69, 9.17) is 10.5 Å². The molecular formula is C17H18N4O. The van der Waals surface area contributed by atoms with Gasteiger partial charge in [-0.25, -0.2) is 0 Å². The van der Waals surface area contributed by atoms with Crippen molar-refractivity contribution in [2.75, 3.05) is 0 Å². The van der Waals surface area contributed by atoms with Gasteiger partial charge in [0.15, 0.2) is 0 Å². The molecule has 2 aromatic rings. The Balaban J connectivity index is 2.19. The maximum Gasteiger partial charge on any atom is 0.244 e. The first kappa shape index (κ1) is 14.2.